The van der Waals surface area contributed by atoms with Crippen molar-refractivity contribution in [2.75, 3.05) is 20.2 Å². The largest absolute Gasteiger partial charge is 0.465 e. The molecule has 2 aliphatic rings. The fourth-order valence-electron chi connectivity index (χ4n) is 5.75. The molecule has 150 valence electrons. The van der Waals surface area contributed by atoms with Crippen LogP contribution >= 0.6 is 11.6 Å². The highest BCUT2D eigenvalue weighted by Crippen LogP contribution is 2.61. The van der Waals surface area contributed by atoms with E-state index in [1.807, 2.05) is 19.1 Å². The lowest BCUT2D eigenvalue weighted by Gasteiger charge is -2.33. The molecule has 0 aliphatic carbocycles. The number of carbonyl (C=O) groups is 1. The quantitative estimate of drug-likeness (QED) is 0.576. The Morgan fingerprint density at radius 3 is 2.66 bits per heavy atom. The zero-order valence-corrected chi connectivity index (χ0v) is 17.7. The van der Waals surface area contributed by atoms with Crippen molar-refractivity contribution < 1.29 is 9.53 Å². The van der Waals surface area contributed by atoms with E-state index in [1.54, 1.807) is 0 Å². The molecule has 0 amide bonds. The molecule has 5 heteroatoms. The highest BCUT2D eigenvalue weighted by Gasteiger charge is 2.64. The van der Waals surface area contributed by atoms with E-state index in [-0.39, 0.29) is 17.9 Å². The van der Waals surface area contributed by atoms with Gasteiger partial charge >= 0.3 is 5.97 Å². The van der Waals surface area contributed by atoms with E-state index < -0.39 is 5.41 Å². The Morgan fingerprint density at radius 2 is 1.93 bits per heavy atom. The number of hydrogen-bond donors (Lipinski definition) is 0. The third-order valence-corrected chi connectivity index (χ3v) is 7.15. The summed E-state index contributed by atoms with van der Waals surface area (Å²) in [7, 11) is 2.13. The van der Waals surface area contributed by atoms with Crippen LogP contribution in [0.15, 0.2) is 48.5 Å². The molecule has 3 atom stereocenters. The maximum Gasteiger partial charge on any atom is 0.316 e. The van der Waals surface area contributed by atoms with Gasteiger partial charge in [0, 0.05) is 40.6 Å². The maximum absolute atomic E-state index is 13.6. The number of nitrogens with zero attached hydrogens (tertiary/aromatic N) is 2. The molecule has 29 heavy (non-hydrogen) atoms. The Kier molecular flexibility index (Phi) is 4.27. The van der Waals surface area contributed by atoms with Gasteiger partial charge in [-0.25, -0.2) is 0 Å². The smallest absolute Gasteiger partial charge is 0.316 e. The van der Waals surface area contributed by atoms with Crippen LogP contribution in [0.3, 0.4) is 0 Å². The lowest BCUT2D eigenvalue weighted by molar-refractivity contribution is -0.157. The van der Waals surface area contributed by atoms with Gasteiger partial charge in [-0.15, -0.1) is 0 Å². The van der Waals surface area contributed by atoms with Gasteiger partial charge in [0.15, 0.2) is 0 Å². The van der Waals surface area contributed by atoms with Gasteiger partial charge in [0.25, 0.3) is 0 Å². The summed E-state index contributed by atoms with van der Waals surface area (Å²) in [5, 5.41) is 1.98. The predicted molar refractivity (Wildman–Crippen MR) is 115 cm³/mol. The van der Waals surface area contributed by atoms with Crippen molar-refractivity contribution >= 4 is 28.5 Å². The molecule has 1 saturated heterocycles. The molecule has 3 unspecified atom stereocenters. The molecule has 0 saturated carbocycles. The van der Waals surface area contributed by atoms with Crippen LogP contribution < -0.4 is 0 Å². The minimum atomic E-state index is -0.636. The molecule has 0 spiro atoms. The van der Waals surface area contributed by atoms with Crippen LogP contribution in [0.2, 0.25) is 5.02 Å². The second-order valence-electron chi connectivity index (χ2n) is 8.32. The van der Waals surface area contributed by atoms with Crippen molar-refractivity contribution in [2.45, 2.75) is 32.4 Å². The summed E-state index contributed by atoms with van der Waals surface area (Å²) in [4.78, 5) is 15.9. The van der Waals surface area contributed by atoms with Crippen molar-refractivity contribution in [1.82, 2.24) is 9.47 Å². The number of likely N-dealkylation sites (N-methyl/N-ethyl adjacent to an activating group) is 1. The lowest BCUT2D eigenvalue weighted by Crippen LogP contribution is -2.40. The Hall–Kier alpha value is -2.30. The number of esters is 1. The summed E-state index contributed by atoms with van der Waals surface area (Å²) in [6, 6.07) is 16.4. The van der Waals surface area contributed by atoms with Gasteiger partial charge in [-0.1, -0.05) is 41.9 Å². The number of likely N-dealkylation sites (tertiary alicyclic amines) is 1. The van der Waals surface area contributed by atoms with E-state index >= 15 is 0 Å². The monoisotopic (exact) mass is 408 g/mol. The summed E-state index contributed by atoms with van der Waals surface area (Å²) in [5.41, 5.74) is 4.22. The summed E-state index contributed by atoms with van der Waals surface area (Å²) in [6.07, 6.45) is 0. The number of benzene rings is 2. The van der Waals surface area contributed by atoms with Gasteiger partial charge in [0.05, 0.1) is 12.6 Å². The highest BCUT2D eigenvalue weighted by atomic mass is 35.5. The number of aryl methyl sites for hydroxylation is 1. The molecule has 3 heterocycles. The predicted octanol–water partition coefficient (Wildman–Crippen LogP) is 4.94. The first-order valence-electron chi connectivity index (χ1n) is 10.2. The third-order valence-electron chi connectivity index (χ3n) is 6.90. The topological polar surface area (TPSA) is 34.5 Å². The molecule has 1 aromatic heterocycles. The zero-order chi connectivity index (χ0) is 20.3. The van der Waals surface area contributed by atoms with Crippen molar-refractivity contribution in [2.24, 2.45) is 5.41 Å². The highest BCUT2D eigenvalue weighted by molar-refractivity contribution is 6.30. The first-order valence-corrected chi connectivity index (χ1v) is 10.6. The Morgan fingerprint density at radius 1 is 1.21 bits per heavy atom. The fourth-order valence-corrected chi connectivity index (χ4v) is 5.88. The number of aromatic nitrogens is 1. The number of hydrogen-bond acceptors (Lipinski definition) is 3. The minimum Gasteiger partial charge on any atom is -0.465 e. The summed E-state index contributed by atoms with van der Waals surface area (Å²) in [5.74, 6) is -0.0478. The van der Waals surface area contributed by atoms with Crippen LogP contribution in [0, 0.1) is 12.3 Å². The van der Waals surface area contributed by atoms with E-state index in [9.17, 15) is 4.79 Å². The number of halogens is 1. The summed E-state index contributed by atoms with van der Waals surface area (Å²) >= 11 is 6.14. The molecule has 0 radical (unpaired) electrons. The van der Waals surface area contributed by atoms with Crippen molar-refractivity contribution in [3.05, 3.63) is 70.4 Å². The Bertz CT molecular complexity index is 1100. The molecule has 0 N–H and O–H groups in total. The first-order chi connectivity index (χ1) is 14.0. The van der Waals surface area contributed by atoms with E-state index in [1.165, 1.54) is 22.2 Å². The molecule has 1 fully saturated rings. The van der Waals surface area contributed by atoms with Gasteiger partial charge in [-0.2, -0.15) is 0 Å². The molecular weight excluding hydrogens is 384 g/mol. The van der Waals surface area contributed by atoms with E-state index in [4.69, 9.17) is 16.3 Å². The van der Waals surface area contributed by atoms with Gasteiger partial charge in [0.1, 0.15) is 5.41 Å². The van der Waals surface area contributed by atoms with Crippen LogP contribution in [0.5, 0.6) is 0 Å². The second kappa shape index (κ2) is 6.61. The van der Waals surface area contributed by atoms with Crippen LogP contribution in [-0.2, 0) is 16.1 Å². The van der Waals surface area contributed by atoms with E-state index in [0.29, 0.717) is 18.2 Å². The normalized spacial score (nSPS) is 25.9. The van der Waals surface area contributed by atoms with Crippen molar-refractivity contribution in [3.8, 4) is 0 Å². The standard InChI is InChI=1S/C24H25ClN2O2/c1-4-29-23(28)24-14-27-20-8-6-5-7-18(20)15(2)21(27)22(24)26(3)13-19(24)16-9-11-17(25)12-10-16/h5-12,19,22H,4,13-14H2,1-3H3. The average molecular weight is 409 g/mol. The molecule has 4 nitrogen and oxygen atoms in total. The zero-order valence-electron chi connectivity index (χ0n) is 17.0. The number of fused-ring (bicyclic) bond motifs is 5. The molecule has 2 aliphatic heterocycles. The molecular formula is C24H25ClN2O2. The lowest BCUT2D eigenvalue weighted by atomic mass is 9.70. The third kappa shape index (κ3) is 2.45. The van der Waals surface area contributed by atoms with Crippen molar-refractivity contribution in [1.29, 1.82) is 0 Å². The van der Waals surface area contributed by atoms with Gasteiger partial charge in [0.2, 0.25) is 0 Å². The Labute approximate surface area is 176 Å². The van der Waals surface area contributed by atoms with E-state index in [0.717, 1.165) is 12.1 Å². The number of carbonyl (C=O) groups excluding carboxylic acids is 1. The number of para-hydroxylation sites is 1. The summed E-state index contributed by atoms with van der Waals surface area (Å²) < 4.78 is 8.05. The van der Waals surface area contributed by atoms with E-state index in [2.05, 4.69) is 59.8 Å². The average Bonchev–Trinajstić information content (AvgIpc) is 3.31. The molecule has 5 rings (SSSR count). The van der Waals surface area contributed by atoms with Crippen molar-refractivity contribution in [3.63, 3.8) is 0 Å². The number of ether oxygens (including phenoxy) is 1. The molecule has 2 aromatic carbocycles. The summed E-state index contributed by atoms with van der Waals surface area (Å²) in [6.45, 7) is 5.90. The van der Waals surface area contributed by atoms with Gasteiger partial charge < -0.3 is 9.30 Å². The van der Waals surface area contributed by atoms with Crippen LogP contribution in [-0.4, -0.2) is 35.6 Å². The second-order valence-corrected chi connectivity index (χ2v) is 8.76. The van der Waals surface area contributed by atoms with Crippen LogP contribution in [0.4, 0.5) is 0 Å². The SMILES string of the molecule is CCOC(=O)C12Cn3c(c(C)c4ccccc43)C1N(C)CC2c1ccc(Cl)cc1. The Balaban J connectivity index is 1.73. The van der Waals surface area contributed by atoms with Gasteiger partial charge in [-0.05, 0) is 50.2 Å². The van der Waals surface area contributed by atoms with Crippen LogP contribution in [0.25, 0.3) is 10.9 Å². The first kappa shape index (κ1) is 18.7. The molecule has 0 bridgehead atoms. The van der Waals surface area contributed by atoms with Crippen LogP contribution in [0.1, 0.15) is 35.7 Å². The minimum absolute atomic E-state index is 0.00497. The van der Waals surface area contributed by atoms with Gasteiger partial charge in [-0.3, -0.25) is 9.69 Å². The fraction of sp³-hybridized carbons (Fsp3) is 0.375. The number of rotatable bonds is 3. The molecule has 3 aromatic rings. The maximum atomic E-state index is 13.6.